The summed E-state index contributed by atoms with van der Waals surface area (Å²) in [4.78, 5) is 13.9. The maximum absolute atomic E-state index is 12.1. The Hall–Kier alpha value is -1.73. The van der Waals surface area contributed by atoms with E-state index >= 15 is 0 Å². The number of hydrogen-bond acceptors (Lipinski definition) is 3. The van der Waals surface area contributed by atoms with Crippen LogP contribution in [0.2, 0.25) is 5.02 Å². The Morgan fingerprint density at radius 2 is 2.19 bits per heavy atom. The van der Waals surface area contributed by atoms with E-state index in [1.807, 2.05) is 13.0 Å². The largest absolute Gasteiger partial charge is 0.494 e. The number of ether oxygens (including phenoxy) is 1. The van der Waals surface area contributed by atoms with Gasteiger partial charge in [0.2, 0.25) is 5.91 Å². The fourth-order valence-corrected chi connectivity index (χ4v) is 2.52. The summed E-state index contributed by atoms with van der Waals surface area (Å²) < 4.78 is 5.61. The highest BCUT2D eigenvalue weighted by Gasteiger charge is 2.26. The number of carbonyl (C=O) groups is 1. The first-order valence-corrected chi connectivity index (χ1v) is 7.57. The van der Waals surface area contributed by atoms with Crippen molar-refractivity contribution in [2.75, 3.05) is 19.7 Å². The molecule has 1 atom stereocenters. The summed E-state index contributed by atoms with van der Waals surface area (Å²) in [6.07, 6.45) is 2.47. The molecule has 0 radical (unpaired) electrons. The maximum atomic E-state index is 12.1. The molecule has 0 aromatic heterocycles. The zero-order valence-corrected chi connectivity index (χ0v) is 12.9. The smallest absolute Gasteiger partial charge is 0.240 e. The number of amides is 1. The third-order valence-corrected chi connectivity index (χ3v) is 4.10. The molecule has 1 aliphatic rings. The SMILES string of the molecule is Cc1cc(OCCC(C#N)C(=O)N2CCCC2)ccc1Cl. The molecule has 0 saturated carbocycles. The van der Waals surface area contributed by atoms with Gasteiger partial charge in [0.15, 0.2) is 0 Å². The summed E-state index contributed by atoms with van der Waals surface area (Å²) in [5, 5.41) is 9.86. The van der Waals surface area contributed by atoms with Gasteiger partial charge in [-0.05, 0) is 43.5 Å². The lowest BCUT2D eigenvalue weighted by Gasteiger charge is -2.18. The molecular formula is C16H19ClN2O2. The molecule has 0 N–H and O–H groups in total. The minimum atomic E-state index is -0.614. The molecule has 4 nitrogen and oxygen atoms in total. The molecule has 1 aliphatic heterocycles. The van der Waals surface area contributed by atoms with Gasteiger partial charge >= 0.3 is 0 Å². The Morgan fingerprint density at radius 3 is 2.81 bits per heavy atom. The average Bonchev–Trinajstić information content (AvgIpc) is 3.01. The summed E-state index contributed by atoms with van der Waals surface area (Å²) in [5.74, 6) is 0.0320. The van der Waals surface area contributed by atoms with Crippen LogP contribution in [0.3, 0.4) is 0 Å². The van der Waals surface area contributed by atoms with Crippen molar-refractivity contribution < 1.29 is 9.53 Å². The molecule has 112 valence electrons. The Kier molecular flexibility index (Phi) is 5.46. The van der Waals surface area contributed by atoms with Gasteiger partial charge in [-0.1, -0.05) is 11.6 Å². The number of hydrogen-bond donors (Lipinski definition) is 0. The topological polar surface area (TPSA) is 53.3 Å². The third-order valence-electron chi connectivity index (χ3n) is 3.68. The predicted molar refractivity (Wildman–Crippen MR) is 81.2 cm³/mol. The van der Waals surface area contributed by atoms with Gasteiger partial charge in [0.25, 0.3) is 0 Å². The highest BCUT2D eigenvalue weighted by atomic mass is 35.5. The summed E-state index contributed by atoms with van der Waals surface area (Å²) in [6, 6.07) is 7.52. The summed E-state index contributed by atoms with van der Waals surface area (Å²) in [5.41, 5.74) is 0.944. The molecule has 21 heavy (non-hydrogen) atoms. The first-order valence-electron chi connectivity index (χ1n) is 7.19. The van der Waals surface area contributed by atoms with Crippen LogP contribution in [-0.2, 0) is 4.79 Å². The quantitative estimate of drug-likeness (QED) is 0.839. The Bertz CT molecular complexity index is 548. The number of nitrogens with zero attached hydrogens (tertiary/aromatic N) is 2. The number of carbonyl (C=O) groups excluding carboxylic acids is 1. The second-order valence-electron chi connectivity index (χ2n) is 5.26. The fourth-order valence-electron chi connectivity index (χ4n) is 2.40. The third kappa shape index (κ3) is 4.12. The minimum absolute atomic E-state index is 0.0640. The average molecular weight is 307 g/mol. The molecule has 1 heterocycles. The van der Waals surface area contributed by atoms with Crippen molar-refractivity contribution in [2.24, 2.45) is 5.92 Å². The van der Waals surface area contributed by atoms with E-state index in [0.717, 1.165) is 31.5 Å². The van der Waals surface area contributed by atoms with Crippen LogP contribution < -0.4 is 4.74 Å². The second kappa shape index (κ2) is 7.33. The number of rotatable bonds is 5. The molecule has 1 aromatic rings. The lowest BCUT2D eigenvalue weighted by atomic mass is 10.1. The van der Waals surface area contributed by atoms with Crippen LogP contribution in [0.25, 0.3) is 0 Å². The molecule has 0 spiro atoms. The highest BCUT2D eigenvalue weighted by molar-refractivity contribution is 6.31. The van der Waals surface area contributed by atoms with E-state index in [-0.39, 0.29) is 5.91 Å². The molecule has 1 amide bonds. The maximum Gasteiger partial charge on any atom is 0.240 e. The molecular weight excluding hydrogens is 288 g/mol. The Morgan fingerprint density at radius 1 is 1.48 bits per heavy atom. The van der Waals surface area contributed by atoms with Crippen LogP contribution >= 0.6 is 11.6 Å². The van der Waals surface area contributed by atoms with Gasteiger partial charge in [0.1, 0.15) is 11.7 Å². The van der Waals surface area contributed by atoms with E-state index in [4.69, 9.17) is 21.6 Å². The van der Waals surface area contributed by atoms with Crippen molar-refractivity contribution in [2.45, 2.75) is 26.2 Å². The van der Waals surface area contributed by atoms with E-state index < -0.39 is 5.92 Å². The van der Waals surface area contributed by atoms with E-state index in [0.29, 0.717) is 23.8 Å². The molecule has 1 fully saturated rings. The van der Waals surface area contributed by atoms with Crippen LogP contribution in [0.5, 0.6) is 5.75 Å². The van der Waals surface area contributed by atoms with E-state index in [1.165, 1.54) is 0 Å². The van der Waals surface area contributed by atoms with Gasteiger partial charge in [-0.25, -0.2) is 0 Å². The summed E-state index contributed by atoms with van der Waals surface area (Å²) >= 11 is 5.95. The number of aryl methyl sites for hydroxylation is 1. The number of halogens is 1. The minimum Gasteiger partial charge on any atom is -0.494 e. The van der Waals surface area contributed by atoms with Crippen molar-refractivity contribution in [3.8, 4) is 11.8 Å². The van der Waals surface area contributed by atoms with Crippen LogP contribution in [-0.4, -0.2) is 30.5 Å². The Labute approximate surface area is 130 Å². The first-order chi connectivity index (χ1) is 10.1. The normalized spacial score (nSPS) is 15.6. The van der Waals surface area contributed by atoms with Crippen LogP contribution in [0.1, 0.15) is 24.8 Å². The van der Waals surface area contributed by atoms with Crippen LogP contribution in [0.4, 0.5) is 0 Å². The van der Waals surface area contributed by atoms with E-state index in [1.54, 1.807) is 17.0 Å². The summed E-state index contributed by atoms with van der Waals surface area (Å²) in [6.45, 7) is 3.80. The monoisotopic (exact) mass is 306 g/mol. The highest BCUT2D eigenvalue weighted by Crippen LogP contribution is 2.21. The van der Waals surface area contributed by atoms with E-state index in [9.17, 15) is 4.79 Å². The molecule has 0 bridgehead atoms. The first kappa shape index (κ1) is 15.7. The molecule has 5 heteroatoms. The van der Waals surface area contributed by atoms with Gasteiger partial charge in [-0.15, -0.1) is 0 Å². The lowest BCUT2D eigenvalue weighted by molar-refractivity contribution is -0.133. The van der Waals surface area contributed by atoms with Gasteiger partial charge in [0, 0.05) is 24.5 Å². The van der Waals surface area contributed by atoms with Crippen molar-refractivity contribution in [3.05, 3.63) is 28.8 Å². The van der Waals surface area contributed by atoms with Crippen molar-refractivity contribution in [3.63, 3.8) is 0 Å². The number of nitriles is 1. The fraction of sp³-hybridized carbons (Fsp3) is 0.500. The number of likely N-dealkylation sites (tertiary alicyclic amines) is 1. The van der Waals surface area contributed by atoms with E-state index in [2.05, 4.69) is 6.07 Å². The second-order valence-corrected chi connectivity index (χ2v) is 5.67. The zero-order valence-electron chi connectivity index (χ0n) is 12.1. The molecule has 2 rings (SSSR count). The van der Waals surface area contributed by atoms with Gasteiger partial charge in [-0.2, -0.15) is 5.26 Å². The van der Waals surface area contributed by atoms with Crippen molar-refractivity contribution in [1.82, 2.24) is 4.90 Å². The van der Waals surface area contributed by atoms with Gasteiger partial charge in [0.05, 0.1) is 12.7 Å². The van der Waals surface area contributed by atoms with Crippen LogP contribution in [0.15, 0.2) is 18.2 Å². The van der Waals surface area contributed by atoms with Gasteiger partial charge < -0.3 is 9.64 Å². The van der Waals surface area contributed by atoms with Crippen molar-refractivity contribution in [1.29, 1.82) is 5.26 Å². The Balaban J connectivity index is 1.84. The van der Waals surface area contributed by atoms with Crippen LogP contribution in [0, 0.1) is 24.2 Å². The molecule has 1 unspecified atom stereocenters. The zero-order chi connectivity index (χ0) is 15.2. The lowest BCUT2D eigenvalue weighted by Crippen LogP contribution is -2.33. The summed E-state index contributed by atoms with van der Waals surface area (Å²) in [7, 11) is 0. The van der Waals surface area contributed by atoms with Crippen molar-refractivity contribution >= 4 is 17.5 Å². The number of benzene rings is 1. The molecule has 1 aromatic carbocycles. The standard InChI is InChI=1S/C16H19ClN2O2/c1-12-10-14(4-5-15(12)17)21-9-6-13(11-18)16(20)19-7-2-3-8-19/h4-5,10,13H,2-3,6-9H2,1H3. The molecule has 1 saturated heterocycles. The predicted octanol–water partition coefficient (Wildman–Crippen LogP) is 3.18. The molecule has 0 aliphatic carbocycles. The van der Waals surface area contributed by atoms with Gasteiger partial charge in [-0.3, -0.25) is 4.79 Å².